The highest BCUT2D eigenvalue weighted by molar-refractivity contribution is 7.89. The normalized spacial score (nSPS) is 14.8. The van der Waals surface area contributed by atoms with E-state index in [2.05, 4.69) is 4.72 Å². The first-order chi connectivity index (χ1) is 9.22. The van der Waals surface area contributed by atoms with E-state index in [0.717, 1.165) is 0 Å². The number of hydrogen-bond donors (Lipinski definition) is 2. The standard InChI is InChI=1S/C14H21N3O2S/c1-11(2)8-14(3,10-16)17-20(18,19)13-6-4-12(9-15)5-7-13/h4-7,11,17H,8,10,16H2,1-3H3. The number of nitrogens with one attached hydrogen (secondary N) is 1. The Kier molecular flexibility index (Phi) is 5.28. The molecule has 0 amide bonds. The van der Waals surface area contributed by atoms with Crippen LogP contribution in [0.3, 0.4) is 0 Å². The Balaban J connectivity index is 3.01. The maximum atomic E-state index is 12.3. The van der Waals surface area contributed by atoms with Crippen molar-refractivity contribution in [2.45, 2.75) is 37.6 Å². The van der Waals surface area contributed by atoms with Crippen LogP contribution in [0.5, 0.6) is 0 Å². The van der Waals surface area contributed by atoms with Crippen LogP contribution >= 0.6 is 0 Å². The molecular formula is C14H21N3O2S. The summed E-state index contributed by atoms with van der Waals surface area (Å²) in [7, 11) is -3.64. The SMILES string of the molecule is CC(C)CC(C)(CN)NS(=O)(=O)c1ccc(C#N)cc1. The van der Waals surface area contributed by atoms with Crippen LogP contribution in [-0.4, -0.2) is 20.5 Å². The summed E-state index contributed by atoms with van der Waals surface area (Å²) < 4.78 is 27.3. The molecule has 1 rings (SSSR count). The van der Waals surface area contributed by atoms with Gasteiger partial charge in [0.15, 0.2) is 0 Å². The van der Waals surface area contributed by atoms with Crippen LogP contribution in [0.25, 0.3) is 0 Å². The van der Waals surface area contributed by atoms with E-state index in [-0.39, 0.29) is 11.4 Å². The number of rotatable bonds is 6. The summed E-state index contributed by atoms with van der Waals surface area (Å²) in [4.78, 5) is 0.139. The summed E-state index contributed by atoms with van der Waals surface area (Å²) in [5.41, 5.74) is 5.46. The molecule has 0 aliphatic rings. The Morgan fingerprint density at radius 3 is 2.30 bits per heavy atom. The van der Waals surface area contributed by atoms with Gasteiger partial charge in [-0.15, -0.1) is 0 Å². The maximum Gasteiger partial charge on any atom is 0.241 e. The molecule has 0 aromatic heterocycles. The highest BCUT2D eigenvalue weighted by atomic mass is 32.2. The molecule has 1 aromatic carbocycles. The third-order valence-electron chi connectivity index (χ3n) is 2.98. The second kappa shape index (κ2) is 6.35. The minimum atomic E-state index is -3.64. The molecule has 0 heterocycles. The van der Waals surface area contributed by atoms with Gasteiger partial charge >= 0.3 is 0 Å². The van der Waals surface area contributed by atoms with Crippen LogP contribution < -0.4 is 10.5 Å². The van der Waals surface area contributed by atoms with Gasteiger partial charge < -0.3 is 5.73 Å². The zero-order valence-corrected chi connectivity index (χ0v) is 12.9. The monoisotopic (exact) mass is 295 g/mol. The van der Waals surface area contributed by atoms with Crippen molar-refractivity contribution in [1.82, 2.24) is 4.72 Å². The van der Waals surface area contributed by atoms with E-state index >= 15 is 0 Å². The average Bonchev–Trinajstić information content (AvgIpc) is 2.37. The predicted molar refractivity (Wildman–Crippen MR) is 78.4 cm³/mol. The fourth-order valence-electron chi connectivity index (χ4n) is 2.16. The Morgan fingerprint density at radius 2 is 1.90 bits per heavy atom. The first-order valence-corrected chi connectivity index (χ1v) is 7.95. The number of nitrogens with zero attached hydrogens (tertiary/aromatic N) is 1. The van der Waals surface area contributed by atoms with E-state index < -0.39 is 15.6 Å². The van der Waals surface area contributed by atoms with Gasteiger partial charge in [0, 0.05) is 12.1 Å². The molecule has 20 heavy (non-hydrogen) atoms. The zero-order chi connectivity index (χ0) is 15.4. The molecule has 6 heteroatoms. The first kappa shape index (κ1) is 16.6. The van der Waals surface area contributed by atoms with Crippen LogP contribution in [0.2, 0.25) is 0 Å². The van der Waals surface area contributed by atoms with Gasteiger partial charge in [-0.1, -0.05) is 13.8 Å². The summed E-state index contributed by atoms with van der Waals surface area (Å²) in [6.45, 7) is 6.06. The fourth-order valence-corrected chi connectivity index (χ4v) is 3.59. The lowest BCUT2D eigenvalue weighted by Gasteiger charge is -2.30. The highest BCUT2D eigenvalue weighted by Crippen LogP contribution is 2.19. The largest absolute Gasteiger partial charge is 0.329 e. The highest BCUT2D eigenvalue weighted by Gasteiger charge is 2.30. The van der Waals surface area contributed by atoms with Gasteiger partial charge in [0.25, 0.3) is 0 Å². The topological polar surface area (TPSA) is 96.0 Å². The van der Waals surface area contributed by atoms with Crippen LogP contribution in [0.4, 0.5) is 0 Å². The number of hydrogen-bond acceptors (Lipinski definition) is 4. The molecule has 0 fully saturated rings. The predicted octanol–water partition coefficient (Wildman–Crippen LogP) is 1.60. The van der Waals surface area contributed by atoms with Gasteiger partial charge in [-0.25, -0.2) is 13.1 Å². The minimum Gasteiger partial charge on any atom is -0.329 e. The molecular weight excluding hydrogens is 274 g/mol. The summed E-state index contributed by atoms with van der Waals surface area (Å²) in [6.07, 6.45) is 0.652. The zero-order valence-electron chi connectivity index (χ0n) is 12.1. The van der Waals surface area contributed by atoms with Gasteiger partial charge in [0.05, 0.1) is 16.5 Å². The Labute approximate surface area is 120 Å². The molecule has 0 spiro atoms. The number of nitriles is 1. The maximum absolute atomic E-state index is 12.3. The second-order valence-corrected chi connectivity index (χ2v) is 7.29. The van der Waals surface area contributed by atoms with Gasteiger partial charge in [-0.3, -0.25) is 0 Å². The summed E-state index contributed by atoms with van der Waals surface area (Å²) in [5, 5.41) is 8.72. The fraction of sp³-hybridized carbons (Fsp3) is 0.500. The van der Waals surface area contributed by atoms with Crippen molar-refractivity contribution in [2.75, 3.05) is 6.54 Å². The van der Waals surface area contributed by atoms with Gasteiger partial charge in [0.2, 0.25) is 10.0 Å². The minimum absolute atomic E-state index is 0.139. The Morgan fingerprint density at radius 1 is 1.35 bits per heavy atom. The molecule has 110 valence electrons. The van der Waals surface area contributed by atoms with Crippen LogP contribution in [0, 0.1) is 17.2 Å². The van der Waals surface area contributed by atoms with E-state index in [1.54, 1.807) is 6.92 Å². The lowest BCUT2D eigenvalue weighted by molar-refractivity contribution is 0.344. The van der Waals surface area contributed by atoms with Crippen LogP contribution in [0.1, 0.15) is 32.8 Å². The van der Waals surface area contributed by atoms with Crippen molar-refractivity contribution in [2.24, 2.45) is 11.7 Å². The molecule has 0 saturated heterocycles. The quantitative estimate of drug-likeness (QED) is 0.833. The third kappa shape index (κ3) is 4.30. The molecule has 1 aromatic rings. The third-order valence-corrected chi connectivity index (χ3v) is 4.64. The van der Waals surface area contributed by atoms with Crippen LogP contribution in [-0.2, 0) is 10.0 Å². The summed E-state index contributed by atoms with van der Waals surface area (Å²) >= 11 is 0. The van der Waals surface area contributed by atoms with Gasteiger partial charge in [0.1, 0.15) is 0 Å². The van der Waals surface area contributed by atoms with Gasteiger partial charge in [-0.05, 0) is 43.5 Å². The molecule has 1 atom stereocenters. The van der Waals surface area contributed by atoms with Crippen molar-refractivity contribution in [3.05, 3.63) is 29.8 Å². The summed E-state index contributed by atoms with van der Waals surface area (Å²) in [5.74, 6) is 0.326. The molecule has 1 unspecified atom stereocenters. The molecule has 0 bridgehead atoms. The second-order valence-electron chi connectivity index (χ2n) is 5.60. The number of benzene rings is 1. The van der Waals surface area contributed by atoms with E-state index in [9.17, 15) is 8.42 Å². The molecule has 0 aliphatic carbocycles. The Bertz CT molecular complexity index is 588. The molecule has 3 N–H and O–H groups in total. The number of nitrogens with two attached hydrogens (primary N) is 1. The summed E-state index contributed by atoms with van der Waals surface area (Å²) in [6, 6.07) is 7.77. The molecule has 0 saturated carbocycles. The van der Waals surface area contributed by atoms with Crippen molar-refractivity contribution in [1.29, 1.82) is 5.26 Å². The first-order valence-electron chi connectivity index (χ1n) is 6.46. The molecule has 0 aliphatic heterocycles. The lowest BCUT2D eigenvalue weighted by atomic mass is 9.92. The van der Waals surface area contributed by atoms with E-state index in [0.29, 0.717) is 17.9 Å². The van der Waals surface area contributed by atoms with Crippen molar-refractivity contribution in [3.63, 3.8) is 0 Å². The van der Waals surface area contributed by atoms with E-state index in [1.807, 2.05) is 19.9 Å². The van der Waals surface area contributed by atoms with E-state index in [1.165, 1.54) is 24.3 Å². The molecule has 0 radical (unpaired) electrons. The van der Waals surface area contributed by atoms with Crippen molar-refractivity contribution < 1.29 is 8.42 Å². The van der Waals surface area contributed by atoms with Gasteiger partial charge in [-0.2, -0.15) is 5.26 Å². The smallest absolute Gasteiger partial charge is 0.241 e. The average molecular weight is 295 g/mol. The van der Waals surface area contributed by atoms with Crippen molar-refractivity contribution in [3.8, 4) is 6.07 Å². The Hall–Kier alpha value is -1.42. The van der Waals surface area contributed by atoms with E-state index in [4.69, 9.17) is 11.0 Å². The van der Waals surface area contributed by atoms with Crippen LogP contribution in [0.15, 0.2) is 29.2 Å². The molecule has 5 nitrogen and oxygen atoms in total. The van der Waals surface area contributed by atoms with Crippen molar-refractivity contribution >= 4 is 10.0 Å². The number of sulfonamides is 1. The lowest BCUT2D eigenvalue weighted by Crippen LogP contribution is -2.51.